The minimum absolute atomic E-state index is 0. The van der Waals surface area contributed by atoms with Gasteiger partial charge in [0.05, 0.1) is 0 Å². The van der Waals surface area contributed by atoms with Gasteiger partial charge < -0.3 is 0 Å². The van der Waals surface area contributed by atoms with Crippen LogP contribution in [-0.2, 0) is 36.9 Å². The molecule has 0 N–H and O–H groups in total. The molecule has 0 aliphatic heterocycles. The largest absolute Gasteiger partial charge is 1.00 e. The van der Waals surface area contributed by atoms with Gasteiger partial charge in [0, 0.05) is 5.39 Å². The summed E-state index contributed by atoms with van der Waals surface area (Å²) in [7, 11) is -4.29. The first-order valence-electron chi connectivity index (χ1n) is 4.18. The van der Waals surface area contributed by atoms with Crippen molar-refractivity contribution in [3.05, 3.63) is 42.5 Å². The van der Waals surface area contributed by atoms with E-state index in [0.717, 1.165) is 5.39 Å². The maximum Gasteiger partial charge on any atom is 1.00 e. The Balaban J connectivity index is 0.00000128. The predicted molar refractivity (Wildman–Crippen MR) is 53.3 cm³/mol. The van der Waals surface area contributed by atoms with Gasteiger partial charge in [-0.25, -0.2) is 0 Å². The van der Waals surface area contributed by atoms with Crippen molar-refractivity contribution in [3.8, 4) is 0 Å². The quantitative estimate of drug-likeness (QED) is 0.793. The molecule has 2 aromatic rings. The second kappa shape index (κ2) is 5.07. The Bertz CT molecular complexity index is 593. The van der Waals surface area contributed by atoms with Crippen molar-refractivity contribution < 1.29 is 39.7 Å². The average molecular weight is 334 g/mol. The van der Waals surface area contributed by atoms with Gasteiger partial charge in [0.1, 0.15) is 4.90 Å². The average Bonchev–Trinajstić information content (AvgIpc) is 2.28. The summed E-state index contributed by atoms with van der Waals surface area (Å²) in [5.41, 5.74) is 0. The van der Waals surface area contributed by atoms with Crippen LogP contribution in [0.2, 0.25) is 0 Å². The van der Waals surface area contributed by atoms with E-state index in [0.29, 0.717) is 5.39 Å². The van der Waals surface area contributed by atoms with Crippen LogP contribution in [0.1, 0.15) is 0 Å². The van der Waals surface area contributed by atoms with E-state index in [2.05, 4.69) is 4.39 Å². The van der Waals surface area contributed by atoms with Crippen molar-refractivity contribution in [1.29, 1.82) is 0 Å². The molecule has 0 fully saturated rings. The van der Waals surface area contributed by atoms with Crippen LogP contribution in [0, 0.1) is 0 Å². The number of halogens is 1. The molecule has 0 amide bonds. The van der Waals surface area contributed by atoms with Crippen molar-refractivity contribution in [3.63, 3.8) is 0 Å². The Morgan fingerprint density at radius 2 is 1.62 bits per heavy atom. The van der Waals surface area contributed by atoms with Crippen molar-refractivity contribution in [2.75, 3.05) is 0 Å². The zero-order valence-electron chi connectivity index (χ0n) is 7.85. The van der Waals surface area contributed by atoms with E-state index in [9.17, 15) is 12.9 Å². The molecule has 0 aliphatic carbocycles. The minimum Gasteiger partial charge on any atom is -0.191 e. The second-order valence-electron chi connectivity index (χ2n) is 2.99. The van der Waals surface area contributed by atoms with E-state index < -0.39 is 10.1 Å². The summed E-state index contributed by atoms with van der Waals surface area (Å²) in [5, 5.41) is 1.16. The number of rotatable bonds is 2. The van der Waals surface area contributed by atoms with Crippen LogP contribution in [0.15, 0.2) is 47.4 Å². The number of hydrogen-bond acceptors (Lipinski definition) is 3. The number of hydrogen-bond donors (Lipinski definition) is 0. The molecule has 2 rings (SSSR count). The summed E-state index contributed by atoms with van der Waals surface area (Å²) < 4.78 is 37.3. The first-order chi connectivity index (χ1) is 7.15. The normalized spacial score (nSPS) is 11.1. The second-order valence-corrected chi connectivity index (χ2v) is 4.47. The molecular weight excluding hydrogens is 327 g/mol. The topological polar surface area (TPSA) is 43.4 Å². The van der Waals surface area contributed by atoms with Crippen LogP contribution in [0.25, 0.3) is 10.8 Å². The Morgan fingerprint density at radius 1 is 1.00 bits per heavy atom. The standard InChI is InChI=1S/C10H7FO3S.Ag/c11-14-15(12,13)10-7-3-5-8-4-1-2-6-9(8)10;/h1-7H;/q;+1. The van der Waals surface area contributed by atoms with Gasteiger partial charge in [0.25, 0.3) is 0 Å². The summed E-state index contributed by atoms with van der Waals surface area (Å²) in [5.74, 6) is 0. The van der Waals surface area contributed by atoms with Crippen LogP contribution in [-0.4, -0.2) is 8.42 Å². The van der Waals surface area contributed by atoms with Crippen LogP contribution < -0.4 is 0 Å². The monoisotopic (exact) mass is 333 g/mol. The Kier molecular flexibility index (Phi) is 4.23. The zero-order valence-corrected chi connectivity index (χ0v) is 10.2. The third kappa shape index (κ3) is 2.34. The van der Waals surface area contributed by atoms with E-state index >= 15 is 0 Å². The van der Waals surface area contributed by atoms with Crippen LogP contribution in [0.4, 0.5) is 4.53 Å². The molecule has 0 unspecified atom stereocenters. The fourth-order valence-corrected chi connectivity index (χ4v) is 2.22. The van der Waals surface area contributed by atoms with Gasteiger partial charge in [-0.3, -0.25) is 0 Å². The van der Waals surface area contributed by atoms with E-state index in [-0.39, 0.29) is 27.3 Å². The molecule has 0 spiro atoms. The van der Waals surface area contributed by atoms with Gasteiger partial charge in [0.15, 0.2) is 0 Å². The van der Waals surface area contributed by atoms with Gasteiger partial charge in [-0.1, -0.05) is 40.8 Å². The van der Waals surface area contributed by atoms with Gasteiger partial charge in [-0.15, -0.1) is 0 Å². The van der Waals surface area contributed by atoms with Crippen LogP contribution in [0.3, 0.4) is 0 Å². The predicted octanol–water partition coefficient (Wildman–Crippen LogP) is 2.43. The van der Waals surface area contributed by atoms with E-state index in [4.69, 9.17) is 0 Å². The first kappa shape index (κ1) is 13.3. The van der Waals surface area contributed by atoms with Gasteiger partial charge in [-0.05, 0) is 16.0 Å². The zero-order chi connectivity index (χ0) is 10.9. The van der Waals surface area contributed by atoms with E-state index in [1.807, 2.05) is 0 Å². The molecule has 0 saturated heterocycles. The van der Waals surface area contributed by atoms with Gasteiger partial charge in [-0.2, -0.15) is 8.42 Å². The third-order valence-electron chi connectivity index (χ3n) is 2.10. The smallest absolute Gasteiger partial charge is 0.191 e. The summed E-state index contributed by atoms with van der Waals surface area (Å²) >= 11 is 0. The van der Waals surface area contributed by atoms with Crippen molar-refractivity contribution in [2.24, 2.45) is 0 Å². The Hall–Kier alpha value is -0.720. The molecule has 0 aliphatic rings. The number of benzene rings is 2. The molecule has 0 radical (unpaired) electrons. The Labute approximate surface area is 108 Å². The fraction of sp³-hybridized carbons (Fsp3) is 0. The molecular formula is C10H7AgFO3S+. The first-order valence-corrected chi connectivity index (χ1v) is 5.59. The molecule has 0 atom stereocenters. The van der Waals surface area contributed by atoms with E-state index in [1.165, 1.54) is 12.1 Å². The van der Waals surface area contributed by atoms with E-state index in [1.54, 1.807) is 30.3 Å². The molecule has 0 aromatic heterocycles. The molecule has 0 bridgehead atoms. The molecule has 6 heteroatoms. The minimum atomic E-state index is -4.29. The van der Waals surface area contributed by atoms with Gasteiger partial charge >= 0.3 is 32.5 Å². The summed E-state index contributed by atoms with van der Waals surface area (Å²) in [4.78, 5) is -0.164. The SMILES string of the molecule is O=S(=O)(OF)c1cccc2ccccc12.[Ag+]. The molecule has 16 heavy (non-hydrogen) atoms. The Morgan fingerprint density at radius 3 is 2.31 bits per heavy atom. The maximum atomic E-state index is 11.9. The molecule has 3 nitrogen and oxygen atoms in total. The molecule has 88 valence electrons. The van der Waals surface area contributed by atoms with Crippen molar-refractivity contribution in [2.45, 2.75) is 4.90 Å². The van der Waals surface area contributed by atoms with Crippen molar-refractivity contribution in [1.82, 2.24) is 0 Å². The summed E-state index contributed by atoms with van der Waals surface area (Å²) in [6.07, 6.45) is 0. The summed E-state index contributed by atoms with van der Waals surface area (Å²) in [6, 6.07) is 11.4. The molecule has 2 aromatic carbocycles. The maximum absolute atomic E-state index is 11.9. The van der Waals surface area contributed by atoms with Crippen molar-refractivity contribution >= 4 is 20.9 Å². The molecule has 0 heterocycles. The van der Waals surface area contributed by atoms with Crippen LogP contribution >= 0.6 is 0 Å². The third-order valence-corrected chi connectivity index (χ3v) is 3.16. The summed E-state index contributed by atoms with van der Waals surface area (Å²) in [6.45, 7) is 0. The fourth-order valence-electron chi connectivity index (χ4n) is 1.45. The molecule has 0 saturated carbocycles. The van der Waals surface area contributed by atoms with Crippen LogP contribution in [0.5, 0.6) is 0 Å². The number of fused-ring (bicyclic) bond motifs is 1. The van der Waals surface area contributed by atoms with Gasteiger partial charge in [0.2, 0.25) is 0 Å².